The molecular weight excluding hydrogens is 292 g/mol. The molecule has 0 aliphatic heterocycles. The van der Waals surface area contributed by atoms with E-state index in [0.29, 0.717) is 0 Å². The normalized spacial score (nSPS) is 10.5. The maximum atomic E-state index is 13.8. The van der Waals surface area contributed by atoms with E-state index in [4.69, 9.17) is 11.6 Å². The zero-order chi connectivity index (χ0) is 13.8. The van der Waals surface area contributed by atoms with Crippen LogP contribution < -0.4 is 4.90 Å². The number of carbonyl (C=O) groups excluding carboxylic acids is 1. The fourth-order valence-electron chi connectivity index (χ4n) is 1.68. The first-order chi connectivity index (χ1) is 9.13. The van der Waals surface area contributed by atoms with Crippen LogP contribution in [0.25, 0.3) is 0 Å². The average Bonchev–Trinajstić information content (AvgIpc) is 2.89. The molecular formula is C13H10ClF2NOS. The molecule has 0 unspecified atom stereocenters. The Labute approximate surface area is 118 Å². The van der Waals surface area contributed by atoms with E-state index in [0.717, 1.165) is 22.6 Å². The number of benzene rings is 1. The number of alkyl halides is 1. The topological polar surface area (TPSA) is 20.3 Å². The Kier molecular flexibility index (Phi) is 4.50. The van der Waals surface area contributed by atoms with Gasteiger partial charge < -0.3 is 4.90 Å². The Hall–Kier alpha value is -1.46. The fraction of sp³-hybridized carbons (Fsp3) is 0.154. The van der Waals surface area contributed by atoms with E-state index in [1.54, 1.807) is 6.07 Å². The zero-order valence-corrected chi connectivity index (χ0v) is 11.3. The lowest BCUT2D eigenvalue weighted by molar-refractivity contribution is -0.116. The third-order valence-corrected chi connectivity index (χ3v) is 3.50. The van der Waals surface area contributed by atoms with Crippen LogP contribution in [0.5, 0.6) is 0 Å². The third kappa shape index (κ3) is 3.11. The molecule has 0 fully saturated rings. The lowest BCUT2D eigenvalue weighted by Crippen LogP contribution is -2.32. The van der Waals surface area contributed by atoms with Crippen LogP contribution in [0.2, 0.25) is 0 Å². The molecule has 100 valence electrons. The second-order valence-corrected chi connectivity index (χ2v) is 4.86. The summed E-state index contributed by atoms with van der Waals surface area (Å²) in [4.78, 5) is 12.8. The van der Waals surface area contributed by atoms with Crippen molar-refractivity contribution in [2.75, 3.05) is 10.8 Å². The van der Waals surface area contributed by atoms with Crippen LogP contribution in [0.15, 0.2) is 35.0 Å². The van der Waals surface area contributed by atoms with Crippen LogP contribution in [0, 0.1) is 11.6 Å². The highest BCUT2D eigenvalue weighted by molar-refractivity contribution is 7.07. The summed E-state index contributed by atoms with van der Waals surface area (Å²) in [6.07, 6.45) is 0. The summed E-state index contributed by atoms with van der Waals surface area (Å²) in [6.45, 7) is 0.0902. The predicted octanol–water partition coefficient (Wildman–Crippen LogP) is 3.80. The van der Waals surface area contributed by atoms with Crippen LogP contribution >= 0.6 is 22.9 Å². The van der Waals surface area contributed by atoms with Crippen molar-refractivity contribution in [1.82, 2.24) is 0 Å². The standard InChI is InChI=1S/C13H10ClF2NOS/c14-6-12(18)17(7-9-4-5-19-8-9)13-10(15)2-1-3-11(13)16/h1-5,8H,6-7H2. The Balaban J connectivity index is 2.40. The fourth-order valence-corrected chi connectivity index (χ4v) is 2.48. The number of carbonyl (C=O) groups is 1. The molecule has 0 aliphatic carbocycles. The third-order valence-electron chi connectivity index (χ3n) is 2.54. The number of hydrogen-bond donors (Lipinski definition) is 0. The van der Waals surface area contributed by atoms with Crippen molar-refractivity contribution in [2.45, 2.75) is 6.54 Å². The van der Waals surface area contributed by atoms with Crippen LogP contribution in [0.4, 0.5) is 14.5 Å². The average molecular weight is 302 g/mol. The van der Waals surface area contributed by atoms with Gasteiger partial charge in [0.2, 0.25) is 5.91 Å². The minimum atomic E-state index is -0.784. The van der Waals surface area contributed by atoms with Crippen molar-refractivity contribution in [1.29, 1.82) is 0 Å². The van der Waals surface area contributed by atoms with Gasteiger partial charge in [0.1, 0.15) is 23.2 Å². The molecule has 0 saturated heterocycles. The lowest BCUT2D eigenvalue weighted by atomic mass is 10.2. The van der Waals surface area contributed by atoms with E-state index in [2.05, 4.69) is 0 Å². The van der Waals surface area contributed by atoms with Gasteiger partial charge in [-0.3, -0.25) is 4.79 Å². The predicted molar refractivity (Wildman–Crippen MR) is 72.6 cm³/mol. The second-order valence-electron chi connectivity index (χ2n) is 3.82. The smallest absolute Gasteiger partial charge is 0.242 e. The van der Waals surface area contributed by atoms with Crippen molar-refractivity contribution in [3.05, 3.63) is 52.2 Å². The van der Waals surface area contributed by atoms with Crippen molar-refractivity contribution in [3.63, 3.8) is 0 Å². The number of rotatable bonds is 4. The van der Waals surface area contributed by atoms with Crippen molar-refractivity contribution < 1.29 is 13.6 Å². The van der Waals surface area contributed by atoms with Crippen molar-refractivity contribution in [3.8, 4) is 0 Å². The molecule has 0 bridgehead atoms. The summed E-state index contributed by atoms with van der Waals surface area (Å²) < 4.78 is 27.5. The Morgan fingerprint density at radius 3 is 2.47 bits per heavy atom. The van der Waals surface area contributed by atoms with Crippen LogP contribution in [0.1, 0.15) is 5.56 Å². The molecule has 1 amide bonds. The summed E-state index contributed by atoms with van der Waals surface area (Å²) in [5, 5.41) is 3.64. The van der Waals surface area contributed by atoms with E-state index in [-0.39, 0.29) is 18.1 Å². The number of amides is 1. The molecule has 2 aromatic rings. The Morgan fingerprint density at radius 2 is 1.95 bits per heavy atom. The number of halogens is 3. The van der Waals surface area contributed by atoms with E-state index in [1.165, 1.54) is 17.4 Å². The number of hydrogen-bond acceptors (Lipinski definition) is 2. The maximum Gasteiger partial charge on any atom is 0.242 e. The minimum absolute atomic E-state index is 0.0902. The molecule has 0 aliphatic rings. The molecule has 0 N–H and O–H groups in total. The Morgan fingerprint density at radius 1 is 1.26 bits per heavy atom. The minimum Gasteiger partial charge on any atom is -0.302 e. The summed E-state index contributed by atoms with van der Waals surface area (Å²) in [5.41, 5.74) is 0.436. The summed E-state index contributed by atoms with van der Waals surface area (Å²) in [6, 6.07) is 5.27. The summed E-state index contributed by atoms with van der Waals surface area (Å²) in [5.74, 6) is -2.45. The van der Waals surface area contributed by atoms with E-state index in [1.807, 2.05) is 10.8 Å². The van der Waals surface area contributed by atoms with E-state index in [9.17, 15) is 13.6 Å². The van der Waals surface area contributed by atoms with Gasteiger partial charge >= 0.3 is 0 Å². The van der Waals surface area contributed by atoms with Gasteiger partial charge in [-0.25, -0.2) is 8.78 Å². The van der Waals surface area contributed by atoms with Gasteiger partial charge in [-0.05, 0) is 34.5 Å². The first-order valence-corrected chi connectivity index (χ1v) is 6.92. The zero-order valence-electron chi connectivity index (χ0n) is 9.78. The van der Waals surface area contributed by atoms with E-state index >= 15 is 0 Å². The quantitative estimate of drug-likeness (QED) is 0.787. The molecule has 1 aromatic heterocycles. The van der Waals surface area contributed by atoms with Gasteiger partial charge in [0.05, 0.1) is 6.54 Å². The van der Waals surface area contributed by atoms with Gasteiger partial charge in [-0.15, -0.1) is 11.6 Å². The molecule has 19 heavy (non-hydrogen) atoms. The van der Waals surface area contributed by atoms with Crippen molar-refractivity contribution >= 4 is 34.5 Å². The monoisotopic (exact) mass is 301 g/mol. The van der Waals surface area contributed by atoms with Gasteiger partial charge in [0, 0.05) is 0 Å². The lowest BCUT2D eigenvalue weighted by Gasteiger charge is -2.22. The first-order valence-electron chi connectivity index (χ1n) is 5.45. The molecule has 1 aromatic carbocycles. The van der Waals surface area contributed by atoms with Gasteiger partial charge in [0.15, 0.2) is 0 Å². The number of para-hydroxylation sites is 1. The number of anilines is 1. The maximum absolute atomic E-state index is 13.8. The van der Waals surface area contributed by atoms with Gasteiger partial charge in [-0.1, -0.05) is 6.07 Å². The molecule has 0 saturated carbocycles. The Bertz CT molecular complexity index is 554. The van der Waals surface area contributed by atoms with Gasteiger partial charge in [-0.2, -0.15) is 11.3 Å². The largest absolute Gasteiger partial charge is 0.302 e. The van der Waals surface area contributed by atoms with Crippen LogP contribution in [-0.2, 0) is 11.3 Å². The van der Waals surface area contributed by atoms with Crippen LogP contribution in [-0.4, -0.2) is 11.8 Å². The molecule has 2 rings (SSSR count). The highest BCUT2D eigenvalue weighted by Crippen LogP contribution is 2.25. The SMILES string of the molecule is O=C(CCl)N(Cc1ccsc1)c1c(F)cccc1F. The highest BCUT2D eigenvalue weighted by Gasteiger charge is 2.22. The van der Waals surface area contributed by atoms with Gasteiger partial charge in [0.25, 0.3) is 0 Å². The molecule has 0 radical (unpaired) electrons. The number of thiophene rings is 1. The van der Waals surface area contributed by atoms with Crippen LogP contribution in [0.3, 0.4) is 0 Å². The molecule has 1 heterocycles. The molecule has 0 spiro atoms. The van der Waals surface area contributed by atoms with E-state index < -0.39 is 17.5 Å². The summed E-state index contributed by atoms with van der Waals surface area (Å²) in [7, 11) is 0. The first kappa shape index (κ1) is 14.0. The van der Waals surface area contributed by atoms with Crippen molar-refractivity contribution in [2.24, 2.45) is 0 Å². The second kappa shape index (κ2) is 6.12. The number of nitrogens with zero attached hydrogens (tertiary/aromatic N) is 1. The molecule has 6 heteroatoms. The molecule has 0 atom stereocenters. The summed E-state index contributed by atoms with van der Waals surface area (Å²) >= 11 is 6.95. The molecule has 2 nitrogen and oxygen atoms in total. The highest BCUT2D eigenvalue weighted by atomic mass is 35.5.